The summed E-state index contributed by atoms with van der Waals surface area (Å²) in [4.78, 5) is 37.1. The first kappa shape index (κ1) is 25.2. The maximum absolute atomic E-state index is 12.9. The van der Waals surface area contributed by atoms with Gasteiger partial charge in [-0.05, 0) is 51.5 Å². The quantitative estimate of drug-likeness (QED) is 0.328. The highest BCUT2D eigenvalue weighted by Gasteiger charge is 2.25. The number of benzene rings is 2. The Bertz CT molecular complexity index is 1160. The number of Topliss-reactive ketones (excluding diaryl/α,β-unsaturated/α-hetero) is 1. The lowest BCUT2D eigenvalue weighted by Gasteiger charge is -2.17. The number of carbonyl (C=O) groups excluding carboxylic acids is 3. The number of anilines is 1. The molecule has 0 aliphatic heterocycles. The third-order valence-electron chi connectivity index (χ3n) is 5.28. The highest BCUT2D eigenvalue weighted by Crippen LogP contribution is 2.27. The minimum absolute atomic E-state index is 0.0606. The third kappa shape index (κ3) is 6.11. The second-order valence-corrected chi connectivity index (χ2v) is 8.96. The lowest BCUT2D eigenvalue weighted by molar-refractivity contribution is -0.115. The molecule has 2 atom stereocenters. The molecule has 3 rings (SSSR count). The number of nitrogens with zero attached hydrogens (tertiary/aromatic N) is 3. The SMILES string of the molecule is CC[C@H](Sc1nnc([C@@H](C)NC(=O)c2ccccc2)n1CC)C(=O)Nc1cccc(C(C)=O)c1. The van der Waals surface area contributed by atoms with Crippen LogP contribution in [-0.4, -0.2) is 37.6 Å². The molecular formula is C25H29N5O3S. The van der Waals surface area contributed by atoms with Gasteiger partial charge in [-0.2, -0.15) is 0 Å². The van der Waals surface area contributed by atoms with Crippen molar-refractivity contribution in [3.8, 4) is 0 Å². The summed E-state index contributed by atoms with van der Waals surface area (Å²) in [5, 5.41) is 14.7. The summed E-state index contributed by atoms with van der Waals surface area (Å²) in [6.45, 7) is 7.84. The topological polar surface area (TPSA) is 106 Å². The predicted octanol–water partition coefficient (Wildman–Crippen LogP) is 4.50. The van der Waals surface area contributed by atoms with Crippen LogP contribution in [0.25, 0.3) is 0 Å². The molecule has 2 amide bonds. The van der Waals surface area contributed by atoms with Crippen LogP contribution >= 0.6 is 11.8 Å². The summed E-state index contributed by atoms with van der Waals surface area (Å²) in [5.41, 5.74) is 1.69. The molecule has 0 fully saturated rings. The van der Waals surface area contributed by atoms with E-state index in [9.17, 15) is 14.4 Å². The fraction of sp³-hybridized carbons (Fsp3) is 0.320. The van der Waals surface area contributed by atoms with Crippen LogP contribution in [-0.2, 0) is 11.3 Å². The molecule has 1 heterocycles. The van der Waals surface area contributed by atoms with Gasteiger partial charge in [0.05, 0.1) is 11.3 Å². The summed E-state index contributed by atoms with van der Waals surface area (Å²) in [6.07, 6.45) is 0.578. The van der Waals surface area contributed by atoms with Gasteiger partial charge in [0.1, 0.15) is 0 Å². The van der Waals surface area contributed by atoms with Crippen LogP contribution in [0.15, 0.2) is 59.8 Å². The summed E-state index contributed by atoms with van der Waals surface area (Å²) in [7, 11) is 0. The Kier molecular flexibility index (Phi) is 8.59. The van der Waals surface area contributed by atoms with Crippen molar-refractivity contribution in [1.29, 1.82) is 0 Å². The number of nitrogens with one attached hydrogen (secondary N) is 2. The van der Waals surface area contributed by atoms with Gasteiger partial charge in [-0.15, -0.1) is 10.2 Å². The maximum Gasteiger partial charge on any atom is 0.251 e. The second kappa shape index (κ2) is 11.6. The third-order valence-corrected chi connectivity index (χ3v) is 6.62. The van der Waals surface area contributed by atoms with E-state index in [1.54, 1.807) is 36.4 Å². The van der Waals surface area contributed by atoms with E-state index >= 15 is 0 Å². The highest BCUT2D eigenvalue weighted by molar-refractivity contribution is 8.00. The van der Waals surface area contributed by atoms with Crippen LogP contribution < -0.4 is 10.6 Å². The van der Waals surface area contributed by atoms with E-state index in [-0.39, 0.29) is 23.6 Å². The molecular weight excluding hydrogens is 450 g/mol. The number of hydrogen-bond donors (Lipinski definition) is 2. The molecule has 0 spiro atoms. The van der Waals surface area contributed by atoms with Gasteiger partial charge in [-0.1, -0.05) is 49.0 Å². The zero-order chi connectivity index (χ0) is 24.7. The highest BCUT2D eigenvalue weighted by atomic mass is 32.2. The molecule has 178 valence electrons. The summed E-state index contributed by atoms with van der Waals surface area (Å²) < 4.78 is 1.91. The summed E-state index contributed by atoms with van der Waals surface area (Å²) in [6, 6.07) is 15.5. The molecule has 0 unspecified atom stereocenters. The molecule has 1 aromatic heterocycles. The molecule has 9 heteroatoms. The van der Waals surface area contributed by atoms with E-state index < -0.39 is 5.25 Å². The Hall–Kier alpha value is -3.46. The first-order chi connectivity index (χ1) is 16.3. The Labute approximate surface area is 203 Å². The monoisotopic (exact) mass is 479 g/mol. The number of thioether (sulfide) groups is 1. The Morgan fingerprint density at radius 3 is 2.35 bits per heavy atom. The predicted molar refractivity (Wildman–Crippen MR) is 133 cm³/mol. The Balaban J connectivity index is 1.71. The van der Waals surface area contributed by atoms with Crippen LogP contribution in [0.1, 0.15) is 66.7 Å². The number of ketones is 1. The maximum atomic E-state index is 12.9. The van der Waals surface area contributed by atoms with Crippen LogP contribution in [0.5, 0.6) is 0 Å². The summed E-state index contributed by atoms with van der Waals surface area (Å²) >= 11 is 1.33. The van der Waals surface area contributed by atoms with Crippen molar-refractivity contribution in [2.24, 2.45) is 0 Å². The Morgan fingerprint density at radius 2 is 1.71 bits per heavy atom. The molecule has 0 radical (unpaired) electrons. The van der Waals surface area contributed by atoms with Gasteiger partial charge in [0.2, 0.25) is 5.91 Å². The van der Waals surface area contributed by atoms with E-state index in [0.29, 0.717) is 40.8 Å². The molecule has 0 bridgehead atoms. The number of carbonyl (C=O) groups is 3. The van der Waals surface area contributed by atoms with Crippen molar-refractivity contribution in [1.82, 2.24) is 20.1 Å². The number of aromatic nitrogens is 3. The average Bonchev–Trinajstić information content (AvgIpc) is 3.25. The van der Waals surface area contributed by atoms with Gasteiger partial charge < -0.3 is 15.2 Å². The fourth-order valence-corrected chi connectivity index (χ4v) is 4.45. The average molecular weight is 480 g/mol. The van der Waals surface area contributed by atoms with Gasteiger partial charge in [-0.25, -0.2) is 0 Å². The van der Waals surface area contributed by atoms with Crippen molar-refractivity contribution in [3.05, 3.63) is 71.5 Å². The largest absolute Gasteiger partial charge is 0.342 e. The zero-order valence-electron chi connectivity index (χ0n) is 19.7. The molecule has 3 aromatic rings. The van der Waals surface area contributed by atoms with E-state index in [2.05, 4.69) is 20.8 Å². The molecule has 34 heavy (non-hydrogen) atoms. The summed E-state index contributed by atoms with van der Waals surface area (Å²) in [5.74, 6) is 0.200. The standard InChI is InChI=1S/C25H29N5O3S/c1-5-21(24(33)27-20-14-10-13-19(15-20)17(4)31)34-25-29-28-22(30(25)6-2)16(3)26-23(32)18-11-8-7-9-12-18/h7-16,21H,5-6H2,1-4H3,(H,26,32)(H,27,33)/t16-,21+/m1/s1. The number of hydrogen-bond acceptors (Lipinski definition) is 6. The number of amides is 2. The molecule has 2 N–H and O–H groups in total. The van der Waals surface area contributed by atoms with Crippen LogP contribution in [0.4, 0.5) is 5.69 Å². The van der Waals surface area contributed by atoms with Gasteiger partial charge in [-0.3, -0.25) is 14.4 Å². The van der Waals surface area contributed by atoms with E-state index in [0.717, 1.165) is 0 Å². The smallest absolute Gasteiger partial charge is 0.251 e. The van der Waals surface area contributed by atoms with E-state index in [1.807, 2.05) is 43.5 Å². The van der Waals surface area contributed by atoms with Gasteiger partial charge >= 0.3 is 0 Å². The molecule has 8 nitrogen and oxygen atoms in total. The van der Waals surface area contributed by atoms with Gasteiger partial charge in [0.15, 0.2) is 16.8 Å². The minimum atomic E-state index is -0.405. The van der Waals surface area contributed by atoms with Crippen molar-refractivity contribution >= 4 is 35.0 Å². The first-order valence-electron chi connectivity index (χ1n) is 11.2. The van der Waals surface area contributed by atoms with Crippen LogP contribution in [0, 0.1) is 0 Å². The van der Waals surface area contributed by atoms with Crippen LogP contribution in [0.2, 0.25) is 0 Å². The molecule has 0 aliphatic carbocycles. The van der Waals surface area contributed by atoms with Crippen molar-refractivity contribution < 1.29 is 14.4 Å². The molecule has 0 aliphatic rings. The zero-order valence-corrected chi connectivity index (χ0v) is 20.6. The Morgan fingerprint density at radius 1 is 1.00 bits per heavy atom. The van der Waals surface area contributed by atoms with Crippen LogP contribution in [0.3, 0.4) is 0 Å². The first-order valence-corrected chi connectivity index (χ1v) is 12.1. The number of rotatable bonds is 10. The van der Waals surface area contributed by atoms with Crippen molar-refractivity contribution in [3.63, 3.8) is 0 Å². The van der Waals surface area contributed by atoms with Gasteiger partial charge in [0.25, 0.3) is 5.91 Å². The normalized spacial score (nSPS) is 12.6. The van der Waals surface area contributed by atoms with E-state index in [1.165, 1.54) is 18.7 Å². The van der Waals surface area contributed by atoms with E-state index in [4.69, 9.17) is 0 Å². The lowest BCUT2D eigenvalue weighted by Crippen LogP contribution is -2.29. The van der Waals surface area contributed by atoms with Gasteiger partial charge in [0, 0.05) is 23.4 Å². The molecule has 0 saturated heterocycles. The lowest BCUT2D eigenvalue weighted by atomic mass is 10.1. The second-order valence-electron chi connectivity index (χ2n) is 7.79. The molecule has 0 saturated carbocycles. The van der Waals surface area contributed by atoms with Crippen molar-refractivity contribution in [2.75, 3.05) is 5.32 Å². The molecule has 2 aromatic carbocycles. The minimum Gasteiger partial charge on any atom is -0.342 e. The van der Waals surface area contributed by atoms with Crippen molar-refractivity contribution in [2.45, 2.75) is 57.1 Å². The fourth-order valence-electron chi connectivity index (χ4n) is 3.43.